The second-order valence-corrected chi connectivity index (χ2v) is 6.60. The third kappa shape index (κ3) is 2.21. The van der Waals surface area contributed by atoms with Crippen LogP contribution in [0, 0.1) is 0 Å². The van der Waals surface area contributed by atoms with Crippen molar-refractivity contribution >= 4 is 43.6 Å². The summed E-state index contributed by atoms with van der Waals surface area (Å²) in [5, 5.41) is 4.16. The molecule has 3 aromatic rings. The van der Waals surface area contributed by atoms with E-state index in [0.29, 0.717) is 22.3 Å². The third-order valence-electron chi connectivity index (χ3n) is 2.83. The van der Waals surface area contributed by atoms with Crippen molar-refractivity contribution in [2.75, 3.05) is 10.5 Å². The first-order chi connectivity index (χ1) is 9.58. The number of hydrogen-bond acceptors (Lipinski definition) is 5. The van der Waals surface area contributed by atoms with Crippen LogP contribution in [0.5, 0.6) is 0 Å². The number of sulfonamides is 1. The molecule has 0 saturated heterocycles. The molecule has 0 bridgehead atoms. The molecule has 3 rings (SSSR count). The molecular formula is C13H11N3O2S2. The Balaban J connectivity index is 2.17. The first-order valence-electron chi connectivity index (χ1n) is 5.76. The van der Waals surface area contributed by atoms with Crippen molar-refractivity contribution in [3.05, 3.63) is 47.3 Å². The Bertz CT molecular complexity index is 858. The number of pyridine rings is 1. The highest BCUT2D eigenvalue weighted by Crippen LogP contribution is 2.27. The summed E-state index contributed by atoms with van der Waals surface area (Å²) in [6, 6.07) is 8.23. The molecule has 0 aliphatic carbocycles. The van der Waals surface area contributed by atoms with E-state index >= 15 is 0 Å². The molecule has 20 heavy (non-hydrogen) atoms. The fourth-order valence-electron chi connectivity index (χ4n) is 1.92. The summed E-state index contributed by atoms with van der Waals surface area (Å²) in [7, 11) is -3.69. The number of fused-ring (bicyclic) bond motifs is 1. The van der Waals surface area contributed by atoms with Gasteiger partial charge in [-0.25, -0.2) is 8.42 Å². The minimum atomic E-state index is -3.69. The molecule has 0 fully saturated rings. The molecule has 5 nitrogen and oxygen atoms in total. The molecule has 7 heteroatoms. The van der Waals surface area contributed by atoms with E-state index in [9.17, 15) is 8.42 Å². The molecule has 1 aromatic carbocycles. The first kappa shape index (κ1) is 12.9. The maximum atomic E-state index is 12.4. The van der Waals surface area contributed by atoms with Gasteiger partial charge in [-0.3, -0.25) is 9.71 Å². The monoisotopic (exact) mass is 305 g/mol. The normalized spacial score (nSPS) is 11.6. The Labute approximate surface area is 120 Å². The van der Waals surface area contributed by atoms with Gasteiger partial charge in [-0.2, -0.15) is 11.3 Å². The van der Waals surface area contributed by atoms with E-state index in [1.165, 1.54) is 17.4 Å². The van der Waals surface area contributed by atoms with Crippen LogP contribution in [0.4, 0.5) is 11.4 Å². The van der Waals surface area contributed by atoms with E-state index in [1.807, 2.05) is 0 Å². The van der Waals surface area contributed by atoms with Crippen LogP contribution in [0.2, 0.25) is 0 Å². The molecule has 0 spiro atoms. The number of aromatic nitrogens is 1. The molecule has 0 amide bonds. The van der Waals surface area contributed by atoms with E-state index in [0.717, 1.165) is 0 Å². The Kier molecular flexibility index (Phi) is 3.07. The molecule has 0 aliphatic rings. The summed E-state index contributed by atoms with van der Waals surface area (Å²) < 4.78 is 27.4. The number of hydrogen-bond donors (Lipinski definition) is 2. The van der Waals surface area contributed by atoms with Gasteiger partial charge in [0, 0.05) is 22.7 Å². The summed E-state index contributed by atoms with van der Waals surface area (Å²) in [6.45, 7) is 0. The Morgan fingerprint density at radius 1 is 1.20 bits per heavy atom. The Morgan fingerprint density at radius 2 is 2.05 bits per heavy atom. The molecule has 3 N–H and O–H groups in total. The van der Waals surface area contributed by atoms with Crippen LogP contribution in [0.1, 0.15) is 0 Å². The summed E-state index contributed by atoms with van der Waals surface area (Å²) in [4.78, 5) is 4.26. The highest BCUT2D eigenvalue weighted by atomic mass is 32.2. The molecule has 0 saturated carbocycles. The average Bonchev–Trinajstić information content (AvgIpc) is 2.91. The van der Waals surface area contributed by atoms with E-state index in [1.54, 1.807) is 41.2 Å². The predicted molar refractivity (Wildman–Crippen MR) is 81.3 cm³/mol. The Hall–Kier alpha value is -2.12. The quantitative estimate of drug-likeness (QED) is 0.729. The number of nitrogens with two attached hydrogens (primary N) is 1. The number of nitrogens with zero attached hydrogens (tertiary/aromatic N) is 1. The van der Waals surface area contributed by atoms with Crippen molar-refractivity contribution in [3.63, 3.8) is 0 Å². The van der Waals surface area contributed by atoms with Crippen molar-refractivity contribution < 1.29 is 8.42 Å². The Morgan fingerprint density at radius 3 is 2.80 bits per heavy atom. The van der Waals surface area contributed by atoms with Crippen molar-refractivity contribution in [1.29, 1.82) is 0 Å². The van der Waals surface area contributed by atoms with Gasteiger partial charge in [-0.1, -0.05) is 0 Å². The van der Waals surface area contributed by atoms with Gasteiger partial charge in [0.05, 0.1) is 11.2 Å². The molecular weight excluding hydrogens is 294 g/mol. The van der Waals surface area contributed by atoms with Gasteiger partial charge in [0.15, 0.2) is 0 Å². The highest BCUT2D eigenvalue weighted by molar-refractivity contribution is 7.93. The van der Waals surface area contributed by atoms with Crippen LogP contribution >= 0.6 is 11.3 Å². The molecule has 2 heterocycles. The number of nitrogen functional groups attached to an aromatic ring is 1. The summed E-state index contributed by atoms with van der Waals surface area (Å²) in [5.74, 6) is 0. The van der Waals surface area contributed by atoms with E-state index in [4.69, 9.17) is 5.73 Å². The third-order valence-corrected chi connectivity index (χ3v) is 4.93. The van der Waals surface area contributed by atoms with Crippen molar-refractivity contribution in [3.8, 4) is 0 Å². The number of benzene rings is 1. The van der Waals surface area contributed by atoms with E-state index in [-0.39, 0.29) is 4.90 Å². The second kappa shape index (κ2) is 4.77. The SMILES string of the molecule is Nc1ccc(S(=O)(=O)Nc2ccsc2)c2ncccc12. The van der Waals surface area contributed by atoms with Gasteiger partial charge in [-0.05, 0) is 35.7 Å². The average molecular weight is 305 g/mol. The predicted octanol–water partition coefficient (Wildman–Crippen LogP) is 2.68. The molecule has 0 atom stereocenters. The number of anilines is 2. The lowest BCUT2D eigenvalue weighted by atomic mass is 10.2. The number of rotatable bonds is 3. The molecule has 102 valence electrons. The lowest BCUT2D eigenvalue weighted by Gasteiger charge is -2.10. The summed E-state index contributed by atoms with van der Waals surface area (Å²) in [6.07, 6.45) is 1.55. The fraction of sp³-hybridized carbons (Fsp3) is 0. The minimum absolute atomic E-state index is 0.119. The van der Waals surface area contributed by atoms with Gasteiger partial charge < -0.3 is 5.73 Å². The van der Waals surface area contributed by atoms with Crippen LogP contribution in [0.15, 0.2) is 52.2 Å². The van der Waals surface area contributed by atoms with E-state index < -0.39 is 10.0 Å². The number of thiophene rings is 1. The van der Waals surface area contributed by atoms with Crippen molar-refractivity contribution in [1.82, 2.24) is 4.98 Å². The zero-order valence-corrected chi connectivity index (χ0v) is 11.9. The number of nitrogens with one attached hydrogen (secondary N) is 1. The maximum absolute atomic E-state index is 12.4. The zero-order chi connectivity index (χ0) is 14.2. The smallest absolute Gasteiger partial charge is 0.264 e. The molecule has 0 radical (unpaired) electrons. The fourth-order valence-corrected chi connectivity index (χ4v) is 3.79. The lowest BCUT2D eigenvalue weighted by Crippen LogP contribution is -2.13. The summed E-state index contributed by atoms with van der Waals surface area (Å²) in [5.41, 5.74) is 7.26. The van der Waals surface area contributed by atoms with Crippen molar-refractivity contribution in [2.45, 2.75) is 4.90 Å². The van der Waals surface area contributed by atoms with Crippen LogP contribution in [-0.2, 0) is 10.0 Å². The first-order valence-corrected chi connectivity index (χ1v) is 8.19. The van der Waals surface area contributed by atoms with Crippen molar-refractivity contribution in [2.24, 2.45) is 0 Å². The van der Waals surface area contributed by atoms with Gasteiger partial charge >= 0.3 is 0 Å². The lowest BCUT2D eigenvalue weighted by molar-refractivity contribution is 0.602. The van der Waals surface area contributed by atoms with Crippen LogP contribution in [-0.4, -0.2) is 13.4 Å². The van der Waals surface area contributed by atoms with Gasteiger partial charge in [0.1, 0.15) is 4.90 Å². The minimum Gasteiger partial charge on any atom is -0.398 e. The molecule has 0 unspecified atom stereocenters. The largest absolute Gasteiger partial charge is 0.398 e. The summed E-state index contributed by atoms with van der Waals surface area (Å²) >= 11 is 1.42. The molecule has 0 aliphatic heterocycles. The van der Waals surface area contributed by atoms with Crippen LogP contribution in [0.25, 0.3) is 10.9 Å². The van der Waals surface area contributed by atoms with Gasteiger partial charge in [-0.15, -0.1) is 0 Å². The topological polar surface area (TPSA) is 85.1 Å². The highest BCUT2D eigenvalue weighted by Gasteiger charge is 2.19. The second-order valence-electron chi connectivity index (χ2n) is 4.17. The standard InChI is InChI=1S/C13H11N3O2S2/c14-11-3-4-12(13-10(11)2-1-6-15-13)20(17,18)16-9-5-7-19-8-9/h1-8,16H,14H2. The van der Waals surface area contributed by atoms with Crippen LogP contribution in [0.3, 0.4) is 0 Å². The zero-order valence-electron chi connectivity index (χ0n) is 10.3. The maximum Gasteiger partial charge on any atom is 0.264 e. The van der Waals surface area contributed by atoms with E-state index in [2.05, 4.69) is 9.71 Å². The molecule has 2 aromatic heterocycles. The van der Waals surface area contributed by atoms with Gasteiger partial charge in [0.2, 0.25) is 0 Å². The van der Waals surface area contributed by atoms with Crippen LogP contribution < -0.4 is 10.5 Å². The van der Waals surface area contributed by atoms with Gasteiger partial charge in [0.25, 0.3) is 10.0 Å².